The molecule has 0 fully saturated rings. The Kier molecular flexibility index (Phi) is 16.0. The standard InChI is InChI=1S/C44H36Br2N4O2S2.C5H5N.Zn/c45-43-33-23-19-29(47-33)41-27-13-9-11-15-37(27)53-39(51)17-7-5-3-1-2-4-6-8-18-40(52)54-38-16-12-10-14-28(38)42(31-21-25-35(43)49-31)32-22-26-36(50-32)44(46)34-24-20-30(41)48-34;1-2-4-6-5-3-1;/h9-16,19-26H,1-8,17-18H2;1-5H;. The molecule has 7 nitrogen and oxygen atoms in total. The quantitative estimate of drug-likeness (QED) is 0.108. The fourth-order valence-electron chi connectivity index (χ4n) is 7.36. The van der Waals surface area contributed by atoms with E-state index < -0.39 is 0 Å². The van der Waals surface area contributed by atoms with Crippen molar-refractivity contribution in [2.24, 2.45) is 0 Å². The molecule has 0 N–H and O–H groups in total. The largest absolute Gasteiger partial charge is 0.618 e. The van der Waals surface area contributed by atoms with Crippen LogP contribution in [0.5, 0.6) is 0 Å². The Morgan fingerprint density at radius 2 is 0.754 bits per heavy atom. The van der Waals surface area contributed by atoms with Crippen molar-refractivity contribution >= 4 is 65.6 Å². The minimum absolute atomic E-state index is 0. The maximum absolute atomic E-state index is 13.4. The van der Waals surface area contributed by atoms with Crippen LogP contribution in [-0.2, 0) is 29.1 Å². The first-order valence-corrected chi connectivity index (χ1v) is 23.5. The smallest absolute Gasteiger partial charge is 0.201 e. The Bertz CT molecular complexity index is 2230. The van der Waals surface area contributed by atoms with Gasteiger partial charge in [-0.05, 0) is 108 Å². The van der Waals surface area contributed by atoms with Gasteiger partial charge in [0.25, 0.3) is 0 Å². The number of fused-ring (bicyclic) bond motifs is 13. The summed E-state index contributed by atoms with van der Waals surface area (Å²) in [7, 11) is 0. The van der Waals surface area contributed by atoms with Crippen LogP contribution in [0.1, 0.15) is 121 Å². The first-order chi connectivity index (χ1) is 29.4. The molecular weight excluding hydrogens is 980 g/mol. The van der Waals surface area contributed by atoms with Crippen LogP contribution in [-0.4, -0.2) is 15.2 Å². The van der Waals surface area contributed by atoms with Gasteiger partial charge in [-0.15, -0.1) is 0 Å². The summed E-state index contributed by atoms with van der Waals surface area (Å²) in [5.41, 5.74) is 7.73. The number of hydrogen-bond acceptors (Lipinski definition) is 5. The monoisotopic (exact) mass is 1020 g/mol. The molecule has 3 aliphatic heterocycles. The van der Waals surface area contributed by atoms with Crippen molar-refractivity contribution in [1.82, 2.24) is 24.9 Å². The van der Waals surface area contributed by atoms with Crippen molar-refractivity contribution in [3.63, 3.8) is 0 Å². The van der Waals surface area contributed by atoms with Gasteiger partial charge in [0.05, 0.1) is 30.6 Å². The molecule has 10 rings (SSSR count). The van der Waals surface area contributed by atoms with Crippen molar-refractivity contribution < 1.29 is 29.1 Å². The molecule has 12 heteroatoms. The van der Waals surface area contributed by atoms with E-state index in [1.807, 2.05) is 103 Å². The second kappa shape index (κ2) is 21.7. The zero-order valence-electron chi connectivity index (χ0n) is 33.5. The van der Waals surface area contributed by atoms with Gasteiger partial charge < -0.3 is 19.9 Å². The van der Waals surface area contributed by atoms with Crippen LogP contribution >= 0.6 is 55.4 Å². The van der Waals surface area contributed by atoms with E-state index in [9.17, 15) is 9.59 Å². The van der Waals surface area contributed by atoms with Crippen molar-refractivity contribution in [2.75, 3.05) is 0 Å². The van der Waals surface area contributed by atoms with Gasteiger partial charge in [0, 0.05) is 172 Å². The number of rotatable bonds is 0. The molecule has 2 aromatic carbocycles. The van der Waals surface area contributed by atoms with Crippen LogP contribution in [0.3, 0.4) is 0 Å². The van der Waals surface area contributed by atoms with Crippen LogP contribution in [0.2, 0.25) is 0 Å². The maximum Gasteiger partial charge on any atom is 0.201 e. The summed E-state index contributed by atoms with van der Waals surface area (Å²) in [5.74, 6) is 1.69. The van der Waals surface area contributed by atoms with E-state index in [4.69, 9.17) is 19.9 Å². The van der Waals surface area contributed by atoms with Crippen LogP contribution in [0.25, 0.3) is 0 Å². The molecule has 0 amide bonds. The topological polar surface area (TPSA) is 103 Å². The number of halogens is 2. The fourth-order valence-corrected chi connectivity index (χ4v) is 10.1. The Morgan fingerprint density at radius 1 is 0.426 bits per heavy atom. The molecule has 0 aliphatic carbocycles. The van der Waals surface area contributed by atoms with Gasteiger partial charge in [-0.25, -0.2) is 0 Å². The predicted octanol–water partition coefficient (Wildman–Crippen LogP) is 11.7. The Balaban J connectivity index is 0.000000739. The molecule has 0 radical (unpaired) electrons. The molecule has 302 valence electrons. The number of carbonyl (C=O) groups is 2. The SMILES string of the molecule is O=C1CCCCCCCCCCC(=O)Sc2ccccc2[C+]2c3ccc([n-]3)[C+](Br)c3ccc([n-]3)[C+](c3ccc([n-]3)[C+](Br)c3ccc2[n-]3)c2ccccc2S1.[Zn].c1ccncc1. The number of carbonyl (C=O) groups excluding carboxylic acids is 2. The van der Waals surface area contributed by atoms with Gasteiger partial charge in [0.2, 0.25) is 10.2 Å². The molecule has 10 bridgehead atoms. The maximum atomic E-state index is 13.4. The second-order valence-corrected chi connectivity index (χ2v) is 18.3. The molecule has 8 heterocycles. The molecule has 5 aromatic heterocycles. The average Bonchev–Trinajstić information content (AvgIpc) is 4.12. The van der Waals surface area contributed by atoms with Gasteiger partial charge >= 0.3 is 0 Å². The third-order valence-electron chi connectivity index (χ3n) is 10.3. The molecule has 0 saturated heterocycles. The Morgan fingerprint density at radius 3 is 1.08 bits per heavy atom. The molecule has 0 atom stereocenters. The number of hydrogen-bond donors (Lipinski definition) is 0. The van der Waals surface area contributed by atoms with Gasteiger partial charge in [-0.3, -0.25) is 14.6 Å². The Hall–Kier alpha value is -4.19. The molecule has 3 aliphatic rings. The summed E-state index contributed by atoms with van der Waals surface area (Å²) in [4.78, 5) is 54.4. The zero-order valence-corrected chi connectivity index (χ0v) is 41.3. The molecular formula is C49H41Br2N5O2S2Zn. The summed E-state index contributed by atoms with van der Waals surface area (Å²) in [6.45, 7) is 0. The van der Waals surface area contributed by atoms with Crippen molar-refractivity contribution in [3.05, 3.63) is 206 Å². The van der Waals surface area contributed by atoms with Crippen LogP contribution < -0.4 is 19.9 Å². The third-order valence-corrected chi connectivity index (χ3v) is 14.0. The zero-order chi connectivity index (χ0) is 41.3. The van der Waals surface area contributed by atoms with E-state index in [-0.39, 0.29) is 29.7 Å². The van der Waals surface area contributed by atoms with E-state index >= 15 is 0 Å². The van der Waals surface area contributed by atoms with E-state index in [0.717, 1.165) is 139 Å². The van der Waals surface area contributed by atoms with Crippen LogP contribution in [0, 0.1) is 21.5 Å². The van der Waals surface area contributed by atoms with Crippen LogP contribution in [0.15, 0.2) is 137 Å². The van der Waals surface area contributed by atoms with Crippen LogP contribution in [0.4, 0.5) is 0 Å². The fraction of sp³-hybridized carbons (Fsp3) is 0.204. The first-order valence-electron chi connectivity index (χ1n) is 20.2. The van der Waals surface area contributed by atoms with Crippen molar-refractivity contribution in [1.29, 1.82) is 0 Å². The Labute approximate surface area is 396 Å². The van der Waals surface area contributed by atoms with Crippen molar-refractivity contribution in [2.45, 2.75) is 74.0 Å². The number of nitrogens with zero attached hydrogens (tertiary/aromatic N) is 5. The molecule has 0 saturated carbocycles. The number of aromatic nitrogens is 5. The third kappa shape index (κ3) is 11.1. The van der Waals surface area contributed by atoms with Crippen molar-refractivity contribution in [3.8, 4) is 0 Å². The van der Waals surface area contributed by atoms with E-state index in [0.29, 0.717) is 12.8 Å². The normalized spacial score (nSPS) is 15.4. The van der Waals surface area contributed by atoms with Gasteiger partial charge in [0.15, 0.2) is 0 Å². The number of pyridine rings is 1. The summed E-state index contributed by atoms with van der Waals surface area (Å²) in [6.07, 6.45) is 12.9. The van der Waals surface area contributed by atoms with Gasteiger partial charge in [-0.2, -0.15) is 0 Å². The summed E-state index contributed by atoms with van der Waals surface area (Å²) >= 11 is 10.3. The summed E-state index contributed by atoms with van der Waals surface area (Å²) in [6, 6.07) is 37.8. The van der Waals surface area contributed by atoms with E-state index in [1.54, 1.807) is 12.4 Å². The predicted molar refractivity (Wildman–Crippen MR) is 246 cm³/mol. The molecule has 0 spiro atoms. The van der Waals surface area contributed by atoms with E-state index in [1.165, 1.54) is 23.5 Å². The minimum Gasteiger partial charge on any atom is -0.618 e. The van der Waals surface area contributed by atoms with Gasteiger partial charge in [0.1, 0.15) is 0 Å². The van der Waals surface area contributed by atoms with Gasteiger partial charge in [-0.1, -0.05) is 44.6 Å². The minimum atomic E-state index is 0. The summed E-state index contributed by atoms with van der Waals surface area (Å²) in [5, 5.41) is 0.315. The number of benzene rings is 2. The summed E-state index contributed by atoms with van der Waals surface area (Å²) < 4.78 is 0. The first kappa shape index (κ1) is 44.9. The van der Waals surface area contributed by atoms with E-state index in [2.05, 4.69) is 49.0 Å². The average molecular weight is 1020 g/mol. The molecule has 0 unspecified atom stereocenters. The second-order valence-electron chi connectivity index (χ2n) is 14.5. The number of thioether (sulfide) groups is 2. The molecule has 61 heavy (non-hydrogen) atoms. The molecule has 7 aromatic rings.